The maximum Gasteiger partial charge on any atom is 0.244 e. The highest BCUT2D eigenvalue weighted by atomic mass is 32.2. The number of carbonyl (C=O) groups excluding carboxylic acids is 1. The van der Waals surface area contributed by atoms with Crippen LogP contribution in [0.5, 0.6) is 0 Å². The first-order chi connectivity index (χ1) is 10.8. The number of hydrogen-bond acceptors (Lipinski definition) is 4. The van der Waals surface area contributed by atoms with E-state index in [1.807, 2.05) is 6.07 Å². The second kappa shape index (κ2) is 5.87. The molecule has 1 fully saturated rings. The highest BCUT2D eigenvalue weighted by Gasteiger charge is 2.51. The van der Waals surface area contributed by atoms with E-state index in [2.05, 4.69) is 0 Å². The number of ether oxygens (including phenoxy) is 1. The summed E-state index contributed by atoms with van der Waals surface area (Å²) < 4.78 is 42.5. The Morgan fingerprint density at radius 1 is 1.30 bits per heavy atom. The molecule has 2 aliphatic heterocycles. The molecule has 3 rings (SSSR count). The molecule has 2 aliphatic rings. The number of rotatable bonds is 2. The molecule has 1 amide bonds. The summed E-state index contributed by atoms with van der Waals surface area (Å²) in [5.41, 5.74) is 1.37. The van der Waals surface area contributed by atoms with Gasteiger partial charge in [0.15, 0.2) is 14.6 Å². The molecule has 0 aliphatic carbocycles. The fourth-order valence-corrected chi connectivity index (χ4v) is 4.80. The average Bonchev–Trinajstić information content (AvgIpc) is 2.54. The minimum absolute atomic E-state index is 0.124. The Kier molecular flexibility index (Phi) is 4.18. The summed E-state index contributed by atoms with van der Waals surface area (Å²) in [6, 6.07) is 4.87. The zero-order chi connectivity index (χ0) is 16.7. The van der Waals surface area contributed by atoms with E-state index >= 15 is 0 Å². The lowest BCUT2D eigenvalue weighted by Gasteiger charge is -2.39. The number of hydrogen-bond donors (Lipinski definition) is 0. The molecule has 0 radical (unpaired) electrons. The molecule has 126 valence electrons. The van der Waals surface area contributed by atoms with Gasteiger partial charge >= 0.3 is 0 Å². The molecule has 0 atom stereocenters. The van der Waals surface area contributed by atoms with Gasteiger partial charge < -0.3 is 9.64 Å². The van der Waals surface area contributed by atoms with Crippen molar-refractivity contribution in [3.05, 3.63) is 35.1 Å². The van der Waals surface area contributed by atoms with Gasteiger partial charge in [0.25, 0.3) is 0 Å². The third kappa shape index (κ3) is 2.76. The van der Waals surface area contributed by atoms with E-state index in [1.165, 1.54) is 11.0 Å². The van der Waals surface area contributed by atoms with Crippen molar-refractivity contribution in [1.29, 1.82) is 0 Å². The van der Waals surface area contributed by atoms with E-state index in [9.17, 15) is 17.6 Å². The number of benzene rings is 1. The van der Waals surface area contributed by atoms with Crippen LogP contribution in [0, 0.1) is 5.82 Å². The monoisotopic (exact) mass is 341 g/mol. The van der Waals surface area contributed by atoms with Gasteiger partial charge in [-0.2, -0.15) is 0 Å². The number of carbonyl (C=O) groups is 1. The second-order valence-corrected chi connectivity index (χ2v) is 8.56. The maximum absolute atomic E-state index is 14.0. The van der Waals surface area contributed by atoms with Crippen LogP contribution in [0.2, 0.25) is 0 Å². The topological polar surface area (TPSA) is 63.7 Å². The Hall–Kier alpha value is -1.47. The normalized spacial score (nSPS) is 20.9. The van der Waals surface area contributed by atoms with Gasteiger partial charge in [0.05, 0.1) is 0 Å². The highest BCUT2D eigenvalue weighted by Crippen LogP contribution is 2.33. The Labute approximate surface area is 135 Å². The highest BCUT2D eigenvalue weighted by molar-refractivity contribution is 7.92. The molecular formula is C16H20FNO4S. The van der Waals surface area contributed by atoms with Crippen molar-refractivity contribution in [1.82, 2.24) is 4.90 Å². The van der Waals surface area contributed by atoms with Crippen molar-refractivity contribution in [2.45, 2.75) is 30.6 Å². The summed E-state index contributed by atoms with van der Waals surface area (Å²) in [5.74, 6) is -0.766. The molecule has 0 spiro atoms. The number of sulfone groups is 1. The van der Waals surface area contributed by atoms with Crippen molar-refractivity contribution in [3.8, 4) is 0 Å². The van der Waals surface area contributed by atoms with Crippen molar-refractivity contribution in [2.75, 3.05) is 26.0 Å². The largest absolute Gasteiger partial charge is 0.381 e. The number of amides is 1. The number of halogens is 1. The first kappa shape index (κ1) is 16.4. The van der Waals surface area contributed by atoms with Crippen LogP contribution in [0.4, 0.5) is 4.39 Å². The van der Waals surface area contributed by atoms with E-state index in [1.54, 1.807) is 6.07 Å². The molecule has 0 aromatic heterocycles. The Morgan fingerprint density at radius 3 is 2.65 bits per heavy atom. The van der Waals surface area contributed by atoms with Crippen LogP contribution in [0.15, 0.2) is 18.2 Å². The molecule has 1 aromatic carbocycles. The summed E-state index contributed by atoms with van der Waals surface area (Å²) in [6.45, 7) is 1.03. The second-order valence-electron chi connectivity index (χ2n) is 6.23. The van der Waals surface area contributed by atoms with Crippen LogP contribution in [0.1, 0.15) is 24.0 Å². The van der Waals surface area contributed by atoms with Crippen molar-refractivity contribution in [3.63, 3.8) is 0 Å². The van der Waals surface area contributed by atoms with E-state index in [0.717, 1.165) is 11.8 Å². The SMILES string of the molecule is CS(=O)(=O)C1(C(=O)N2CCc3cccc(F)c3C2)CCOCC1. The van der Waals surface area contributed by atoms with Crippen LogP contribution in [0.25, 0.3) is 0 Å². The Morgan fingerprint density at radius 2 is 2.00 bits per heavy atom. The van der Waals surface area contributed by atoms with E-state index in [4.69, 9.17) is 4.74 Å². The molecule has 1 aromatic rings. The van der Waals surface area contributed by atoms with Gasteiger partial charge in [0, 0.05) is 38.1 Å². The van der Waals surface area contributed by atoms with Crippen LogP contribution in [0.3, 0.4) is 0 Å². The van der Waals surface area contributed by atoms with Gasteiger partial charge in [0.1, 0.15) is 5.82 Å². The Balaban J connectivity index is 1.92. The molecule has 0 unspecified atom stereocenters. The molecule has 0 bridgehead atoms. The average molecular weight is 341 g/mol. The number of fused-ring (bicyclic) bond motifs is 1. The third-order valence-corrected chi connectivity index (χ3v) is 6.91. The van der Waals surface area contributed by atoms with Gasteiger partial charge in [-0.15, -0.1) is 0 Å². The van der Waals surface area contributed by atoms with Gasteiger partial charge in [-0.3, -0.25) is 4.79 Å². The lowest BCUT2D eigenvalue weighted by molar-refractivity contribution is -0.137. The van der Waals surface area contributed by atoms with E-state index < -0.39 is 20.5 Å². The molecule has 0 N–H and O–H groups in total. The number of nitrogens with zero attached hydrogens (tertiary/aromatic N) is 1. The van der Waals surface area contributed by atoms with Gasteiger partial charge in [-0.05, 0) is 30.9 Å². The van der Waals surface area contributed by atoms with Gasteiger partial charge in [-0.1, -0.05) is 12.1 Å². The molecule has 0 saturated carbocycles. The molecule has 7 heteroatoms. The lowest BCUT2D eigenvalue weighted by atomic mass is 9.94. The predicted molar refractivity (Wildman–Crippen MR) is 83.1 cm³/mol. The molecular weight excluding hydrogens is 321 g/mol. The third-order valence-electron chi connectivity index (χ3n) is 4.90. The van der Waals surface area contributed by atoms with Crippen LogP contribution >= 0.6 is 0 Å². The van der Waals surface area contributed by atoms with E-state index in [0.29, 0.717) is 18.5 Å². The first-order valence-electron chi connectivity index (χ1n) is 7.68. The van der Waals surface area contributed by atoms with Gasteiger partial charge in [0.2, 0.25) is 5.91 Å². The fourth-order valence-electron chi connectivity index (χ4n) is 3.45. The summed E-state index contributed by atoms with van der Waals surface area (Å²) in [5, 5.41) is 0. The summed E-state index contributed by atoms with van der Waals surface area (Å²) in [4.78, 5) is 14.5. The van der Waals surface area contributed by atoms with E-state index in [-0.39, 0.29) is 38.4 Å². The van der Waals surface area contributed by atoms with Crippen molar-refractivity contribution < 1.29 is 22.3 Å². The standard InChI is InChI=1S/C16H20FNO4S/c1-23(20,21)16(6-9-22-10-7-16)15(19)18-8-5-12-3-2-4-14(17)13(12)11-18/h2-4H,5-11H2,1H3. The predicted octanol–water partition coefficient (Wildman–Crippen LogP) is 1.30. The minimum atomic E-state index is -3.59. The quantitative estimate of drug-likeness (QED) is 0.813. The maximum atomic E-state index is 14.0. The van der Waals surface area contributed by atoms with Crippen LogP contribution in [-0.4, -0.2) is 50.0 Å². The smallest absolute Gasteiger partial charge is 0.244 e. The molecule has 5 nitrogen and oxygen atoms in total. The van der Waals surface area contributed by atoms with Gasteiger partial charge in [-0.25, -0.2) is 12.8 Å². The molecule has 1 saturated heterocycles. The summed E-state index contributed by atoms with van der Waals surface area (Å²) in [7, 11) is -3.59. The molecule has 2 heterocycles. The van der Waals surface area contributed by atoms with Crippen LogP contribution in [-0.2, 0) is 32.3 Å². The Bertz CT molecular complexity index is 726. The lowest BCUT2D eigenvalue weighted by Crippen LogP contribution is -2.57. The van der Waals surface area contributed by atoms with Crippen LogP contribution < -0.4 is 0 Å². The summed E-state index contributed by atoms with van der Waals surface area (Å²) >= 11 is 0. The summed E-state index contributed by atoms with van der Waals surface area (Å²) in [6.07, 6.45) is 1.96. The fraction of sp³-hybridized carbons (Fsp3) is 0.562. The zero-order valence-corrected chi connectivity index (χ0v) is 13.9. The van der Waals surface area contributed by atoms with Crippen molar-refractivity contribution in [2.24, 2.45) is 0 Å². The first-order valence-corrected chi connectivity index (χ1v) is 9.57. The zero-order valence-electron chi connectivity index (χ0n) is 13.0. The van der Waals surface area contributed by atoms with Crippen molar-refractivity contribution >= 4 is 15.7 Å². The minimum Gasteiger partial charge on any atom is -0.381 e. The molecule has 23 heavy (non-hydrogen) atoms.